The van der Waals surface area contributed by atoms with E-state index in [2.05, 4.69) is 45.0 Å². The molecular weight excluding hydrogens is 282 g/mol. The van der Waals surface area contributed by atoms with E-state index in [1.54, 1.807) is 11.3 Å². The van der Waals surface area contributed by atoms with Crippen LogP contribution < -0.4 is 5.32 Å². The Morgan fingerprint density at radius 3 is 2.86 bits per heavy atom. The van der Waals surface area contributed by atoms with Crippen LogP contribution in [0.4, 0.5) is 0 Å². The molecule has 0 unspecified atom stereocenters. The Morgan fingerprint density at radius 2 is 2.05 bits per heavy atom. The Kier molecular flexibility index (Phi) is 4.37. The normalized spacial score (nSPS) is 10.9. The highest BCUT2D eigenvalue weighted by molar-refractivity contribution is 7.13. The van der Waals surface area contributed by atoms with Gasteiger partial charge in [-0.3, -0.25) is 0 Å². The van der Waals surface area contributed by atoms with Gasteiger partial charge in [0.2, 0.25) is 0 Å². The fraction of sp³-hybridized carbons (Fsp3) is 0.267. The molecule has 3 rings (SSSR count). The second-order valence-electron chi connectivity index (χ2n) is 4.70. The third kappa shape index (κ3) is 3.53. The van der Waals surface area contributed by atoms with Gasteiger partial charge in [-0.25, -0.2) is 9.67 Å². The van der Waals surface area contributed by atoms with Crippen LogP contribution in [0.2, 0.25) is 0 Å². The Labute approximate surface area is 127 Å². The van der Waals surface area contributed by atoms with Crippen molar-refractivity contribution in [2.75, 3.05) is 6.54 Å². The summed E-state index contributed by atoms with van der Waals surface area (Å²) >= 11 is 1.66. The lowest BCUT2D eigenvalue weighted by Gasteiger charge is -1.97. The highest BCUT2D eigenvalue weighted by Gasteiger charge is 2.06. The molecule has 0 saturated carbocycles. The average molecular weight is 299 g/mol. The van der Waals surface area contributed by atoms with Crippen molar-refractivity contribution in [3.8, 4) is 10.6 Å². The number of benzene rings is 1. The van der Waals surface area contributed by atoms with Gasteiger partial charge in [-0.05, 0) is 6.54 Å². The minimum Gasteiger partial charge on any atom is -0.311 e. The van der Waals surface area contributed by atoms with Crippen molar-refractivity contribution >= 4 is 11.3 Å². The van der Waals surface area contributed by atoms with Crippen LogP contribution >= 0.6 is 11.3 Å². The third-order valence-corrected chi connectivity index (χ3v) is 3.98. The molecule has 2 aromatic heterocycles. The molecule has 0 aliphatic rings. The predicted molar refractivity (Wildman–Crippen MR) is 84.1 cm³/mol. The number of hydrogen-bond acceptors (Lipinski definition) is 5. The fourth-order valence-corrected chi connectivity index (χ4v) is 2.83. The van der Waals surface area contributed by atoms with Gasteiger partial charge in [-0.15, -0.1) is 16.4 Å². The summed E-state index contributed by atoms with van der Waals surface area (Å²) in [6.45, 7) is 4.41. The molecule has 0 fully saturated rings. The van der Waals surface area contributed by atoms with Gasteiger partial charge in [0.05, 0.1) is 24.1 Å². The molecule has 0 aliphatic carbocycles. The highest BCUT2D eigenvalue weighted by atomic mass is 32.1. The first-order valence-corrected chi connectivity index (χ1v) is 7.82. The molecule has 1 aromatic carbocycles. The Balaban J connectivity index is 1.68. The molecule has 0 radical (unpaired) electrons. The maximum atomic E-state index is 4.66. The molecule has 21 heavy (non-hydrogen) atoms. The molecule has 6 heteroatoms. The van der Waals surface area contributed by atoms with Crippen molar-refractivity contribution in [3.05, 3.63) is 53.3 Å². The average Bonchev–Trinajstić information content (AvgIpc) is 3.16. The largest absolute Gasteiger partial charge is 0.311 e. The molecule has 108 valence electrons. The minimum atomic E-state index is 0.655. The molecule has 0 saturated heterocycles. The van der Waals surface area contributed by atoms with Gasteiger partial charge in [0, 0.05) is 17.5 Å². The molecule has 1 N–H and O–H groups in total. The van der Waals surface area contributed by atoms with Crippen molar-refractivity contribution in [2.45, 2.75) is 20.0 Å². The fourth-order valence-electron chi connectivity index (χ4n) is 2.01. The van der Waals surface area contributed by atoms with Gasteiger partial charge in [-0.1, -0.05) is 42.5 Å². The molecule has 2 heterocycles. The van der Waals surface area contributed by atoms with Crippen LogP contribution in [0.3, 0.4) is 0 Å². The topological polar surface area (TPSA) is 55.6 Å². The Morgan fingerprint density at radius 1 is 1.19 bits per heavy atom. The zero-order chi connectivity index (χ0) is 14.5. The van der Waals surface area contributed by atoms with E-state index in [4.69, 9.17) is 0 Å². The predicted octanol–water partition coefficient (Wildman–Crippen LogP) is 2.56. The van der Waals surface area contributed by atoms with Crippen molar-refractivity contribution < 1.29 is 0 Å². The third-order valence-electron chi connectivity index (χ3n) is 3.04. The number of nitrogens with one attached hydrogen (secondary N) is 1. The molecule has 0 amide bonds. The van der Waals surface area contributed by atoms with Gasteiger partial charge >= 0.3 is 0 Å². The van der Waals surface area contributed by atoms with E-state index in [0.717, 1.165) is 35.0 Å². The highest BCUT2D eigenvalue weighted by Crippen LogP contribution is 2.23. The van der Waals surface area contributed by atoms with Crippen molar-refractivity contribution in [1.82, 2.24) is 25.3 Å². The molecule has 5 nitrogen and oxygen atoms in total. The molecule has 0 atom stereocenters. The first-order chi connectivity index (χ1) is 10.3. The quantitative estimate of drug-likeness (QED) is 0.760. The van der Waals surface area contributed by atoms with Crippen LogP contribution in [0.1, 0.15) is 18.3 Å². The van der Waals surface area contributed by atoms with Crippen LogP contribution in [0.5, 0.6) is 0 Å². The minimum absolute atomic E-state index is 0.655. The van der Waals surface area contributed by atoms with Gasteiger partial charge in [-0.2, -0.15) is 0 Å². The number of hydrogen-bond donors (Lipinski definition) is 1. The Bertz CT molecular complexity index is 689. The summed E-state index contributed by atoms with van der Waals surface area (Å²) in [5.41, 5.74) is 3.12. The summed E-state index contributed by atoms with van der Waals surface area (Å²) in [6.07, 6.45) is 1.96. The van der Waals surface area contributed by atoms with E-state index >= 15 is 0 Å². The monoisotopic (exact) mass is 299 g/mol. The lowest BCUT2D eigenvalue weighted by atomic mass is 10.2. The van der Waals surface area contributed by atoms with Crippen LogP contribution in [-0.4, -0.2) is 26.5 Å². The molecule has 0 bridgehead atoms. The first-order valence-electron chi connectivity index (χ1n) is 6.94. The number of aromatic nitrogens is 4. The standard InChI is InChI=1S/C15H17N5S/c1-2-16-8-13-9-20(19-18-13)10-14-11-21-15(17-14)12-6-4-3-5-7-12/h3-7,9,11,16H,2,8,10H2,1H3. The van der Waals surface area contributed by atoms with Crippen molar-refractivity contribution in [1.29, 1.82) is 0 Å². The van der Waals surface area contributed by atoms with Gasteiger partial charge in [0.15, 0.2) is 0 Å². The molecule has 0 aliphatic heterocycles. The summed E-state index contributed by atoms with van der Waals surface area (Å²) in [5.74, 6) is 0. The van der Waals surface area contributed by atoms with E-state index < -0.39 is 0 Å². The summed E-state index contributed by atoms with van der Waals surface area (Å²) in [4.78, 5) is 4.66. The van der Waals surface area contributed by atoms with Gasteiger partial charge in [0.25, 0.3) is 0 Å². The zero-order valence-corrected chi connectivity index (χ0v) is 12.7. The van der Waals surface area contributed by atoms with E-state index in [0.29, 0.717) is 6.54 Å². The first kappa shape index (κ1) is 13.9. The van der Waals surface area contributed by atoms with Crippen LogP contribution in [0.15, 0.2) is 41.9 Å². The van der Waals surface area contributed by atoms with Crippen molar-refractivity contribution in [3.63, 3.8) is 0 Å². The second-order valence-corrected chi connectivity index (χ2v) is 5.56. The molecule has 0 spiro atoms. The van der Waals surface area contributed by atoms with Crippen molar-refractivity contribution in [2.24, 2.45) is 0 Å². The Hall–Kier alpha value is -2.05. The summed E-state index contributed by atoms with van der Waals surface area (Å²) < 4.78 is 1.83. The maximum Gasteiger partial charge on any atom is 0.123 e. The van der Waals surface area contributed by atoms with E-state index in [1.165, 1.54) is 0 Å². The number of thiazole rings is 1. The number of nitrogens with zero attached hydrogens (tertiary/aromatic N) is 4. The summed E-state index contributed by atoms with van der Waals surface area (Å²) in [7, 11) is 0. The SMILES string of the molecule is CCNCc1cn(Cc2csc(-c3ccccc3)n2)nn1. The maximum absolute atomic E-state index is 4.66. The lowest BCUT2D eigenvalue weighted by Crippen LogP contribution is -2.11. The van der Waals surface area contributed by atoms with E-state index in [9.17, 15) is 0 Å². The zero-order valence-electron chi connectivity index (χ0n) is 11.9. The van der Waals surface area contributed by atoms with E-state index in [1.807, 2.05) is 29.1 Å². The number of rotatable bonds is 6. The molecule has 3 aromatic rings. The van der Waals surface area contributed by atoms with Crippen LogP contribution in [0, 0.1) is 0 Å². The van der Waals surface area contributed by atoms with Gasteiger partial charge in [0.1, 0.15) is 5.01 Å². The lowest BCUT2D eigenvalue weighted by molar-refractivity contribution is 0.640. The molecular formula is C15H17N5S. The van der Waals surface area contributed by atoms with E-state index in [-0.39, 0.29) is 0 Å². The summed E-state index contributed by atoms with van der Waals surface area (Å²) in [6, 6.07) is 10.2. The smallest absolute Gasteiger partial charge is 0.123 e. The van der Waals surface area contributed by atoms with Gasteiger partial charge < -0.3 is 5.32 Å². The van der Waals surface area contributed by atoms with Crippen LogP contribution in [0.25, 0.3) is 10.6 Å². The van der Waals surface area contributed by atoms with Crippen LogP contribution in [-0.2, 0) is 13.1 Å². The summed E-state index contributed by atoms with van der Waals surface area (Å²) in [5, 5.41) is 14.6. The second kappa shape index (κ2) is 6.60.